The average molecular weight is 234 g/mol. The van der Waals surface area contributed by atoms with Crippen LogP contribution in [-0.4, -0.2) is 9.97 Å². The molecule has 1 heterocycles. The molecule has 0 aliphatic heterocycles. The third-order valence-electron chi connectivity index (χ3n) is 3.29. The Hall–Kier alpha value is -0.920. The van der Waals surface area contributed by atoms with Crippen LogP contribution in [-0.2, 0) is 5.41 Å². The highest BCUT2D eigenvalue weighted by Crippen LogP contribution is 2.26. The Kier molecular flexibility index (Phi) is 5.60. The minimum absolute atomic E-state index is 0.111. The van der Waals surface area contributed by atoms with Crippen LogP contribution in [0.5, 0.6) is 0 Å². The third kappa shape index (κ3) is 4.84. The summed E-state index contributed by atoms with van der Waals surface area (Å²) in [7, 11) is 0. The SMILES string of the molecule is CCCCCCCC(C)(C)c1ncc(C)cn1. The Morgan fingerprint density at radius 2 is 1.59 bits per heavy atom. The van der Waals surface area contributed by atoms with Crippen molar-refractivity contribution in [3.8, 4) is 0 Å². The number of unbranched alkanes of at least 4 members (excludes halogenated alkanes) is 4. The Morgan fingerprint density at radius 3 is 2.18 bits per heavy atom. The summed E-state index contributed by atoms with van der Waals surface area (Å²) >= 11 is 0. The molecule has 1 rings (SSSR count). The maximum atomic E-state index is 4.45. The van der Waals surface area contributed by atoms with Gasteiger partial charge in [-0.15, -0.1) is 0 Å². The average Bonchev–Trinajstić information content (AvgIpc) is 2.29. The molecular formula is C15H26N2. The molecule has 0 radical (unpaired) electrons. The molecule has 0 bridgehead atoms. The van der Waals surface area contributed by atoms with E-state index in [2.05, 4.69) is 30.7 Å². The van der Waals surface area contributed by atoms with Crippen molar-refractivity contribution in [1.29, 1.82) is 0 Å². The molecule has 0 saturated carbocycles. The summed E-state index contributed by atoms with van der Waals surface area (Å²) in [6.07, 6.45) is 11.7. The summed E-state index contributed by atoms with van der Waals surface area (Å²) in [4.78, 5) is 8.91. The van der Waals surface area contributed by atoms with E-state index in [9.17, 15) is 0 Å². The summed E-state index contributed by atoms with van der Waals surface area (Å²) in [6.45, 7) is 8.78. The van der Waals surface area contributed by atoms with Crippen molar-refractivity contribution >= 4 is 0 Å². The zero-order valence-electron chi connectivity index (χ0n) is 11.8. The van der Waals surface area contributed by atoms with Crippen LogP contribution >= 0.6 is 0 Å². The van der Waals surface area contributed by atoms with Crippen molar-refractivity contribution < 1.29 is 0 Å². The first-order chi connectivity index (χ1) is 8.06. The van der Waals surface area contributed by atoms with E-state index < -0.39 is 0 Å². The van der Waals surface area contributed by atoms with Crippen molar-refractivity contribution in [2.24, 2.45) is 0 Å². The molecule has 0 saturated heterocycles. The molecule has 0 fully saturated rings. The summed E-state index contributed by atoms with van der Waals surface area (Å²) in [5.41, 5.74) is 1.24. The van der Waals surface area contributed by atoms with Crippen LogP contribution in [0.1, 0.15) is 70.7 Å². The lowest BCUT2D eigenvalue weighted by molar-refractivity contribution is 0.420. The van der Waals surface area contributed by atoms with Crippen molar-refractivity contribution in [1.82, 2.24) is 9.97 Å². The lowest BCUT2D eigenvalue weighted by Crippen LogP contribution is -2.20. The number of nitrogens with zero attached hydrogens (tertiary/aromatic N) is 2. The van der Waals surface area contributed by atoms with E-state index in [1.165, 1.54) is 38.5 Å². The highest BCUT2D eigenvalue weighted by atomic mass is 14.9. The predicted octanol–water partition coefficient (Wildman–Crippen LogP) is 4.42. The lowest BCUT2D eigenvalue weighted by atomic mass is 9.86. The second kappa shape index (κ2) is 6.73. The van der Waals surface area contributed by atoms with Crippen LogP contribution in [0, 0.1) is 6.92 Å². The number of aryl methyl sites for hydroxylation is 1. The fourth-order valence-electron chi connectivity index (χ4n) is 2.02. The van der Waals surface area contributed by atoms with Gasteiger partial charge in [-0.05, 0) is 18.9 Å². The van der Waals surface area contributed by atoms with Gasteiger partial charge in [-0.1, -0.05) is 52.9 Å². The predicted molar refractivity (Wildman–Crippen MR) is 73.2 cm³/mol. The fourth-order valence-corrected chi connectivity index (χ4v) is 2.02. The van der Waals surface area contributed by atoms with Gasteiger partial charge in [0.1, 0.15) is 5.82 Å². The van der Waals surface area contributed by atoms with Crippen molar-refractivity contribution in [3.63, 3.8) is 0 Å². The van der Waals surface area contributed by atoms with E-state index in [1.807, 2.05) is 19.3 Å². The second-order valence-electron chi connectivity index (χ2n) is 5.63. The number of hydrogen-bond donors (Lipinski definition) is 0. The van der Waals surface area contributed by atoms with Gasteiger partial charge in [0.25, 0.3) is 0 Å². The summed E-state index contributed by atoms with van der Waals surface area (Å²) in [6, 6.07) is 0. The Bertz CT molecular complexity index is 314. The first-order valence-electron chi connectivity index (χ1n) is 6.85. The Balaban J connectivity index is 2.42. The van der Waals surface area contributed by atoms with Gasteiger partial charge in [-0.25, -0.2) is 9.97 Å². The fraction of sp³-hybridized carbons (Fsp3) is 0.733. The smallest absolute Gasteiger partial charge is 0.133 e. The topological polar surface area (TPSA) is 25.8 Å². The molecule has 17 heavy (non-hydrogen) atoms. The van der Waals surface area contributed by atoms with Gasteiger partial charge in [0.05, 0.1) is 0 Å². The zero-order valence-corrected chi connectivity index (χ0v) is 11.8. The van der Waals surface area contributed by atoms with Crippen LogP contribution in [0.25, 0.3) is 0 Å². The van der Waals surface area contributed by atoms with E-state index in [1.54, 1.807) is 0 Å². The van der Waals surface area contributed by atoms with Gasteiger partial charge in [-0.3, -0.25) is 0 Å². The summed E-state index contributed by atoms with van der Waals surface area (Å²) in [5.74, 6) is 0.985. The first-order valence-corrected chi connectivity index (χ1v) is 6.85. The minimum Gasteiger partial charge on any atom is -0.241 e. The highest BCUT2D eigenvalue weighted by molar-refractivity contribution is 5.08. The van der Waals surface area contributed by atoms with E-state index in [-0.39, 0.29) is 5.41 Å². The molecule has 0 N–H and O–H groups in total. The molecule has 0 amide bonds. The van der Waals surface area contributed by atoms with E-state index in [0.29, 0.717) is 0 Å². The van der Waals surface area contributed by atoms with Gasteiger partial charge in [0.15, 0.2) is 0 Å². The van der Waals surface area contributed by atoms with Crippen LogP contribution in [0.4, 0.5) is 0 Å². The van der Waals surface area contributed by atoms with Crippen molar-refractivity contribution in [2.45, 2.75) is 71.6 Å². The van der Waals surface area contributed by atoms with E-state index in [4.69, 9.17) is 0 Å². The molecule has 2 nitrogen and oxygen atoms in total. The minimum atomic E-state index is 0.111. The summed E-state index contributed by atoms with van der Waals surface area (Å²) < 4.78 is 0. The molecule has 0 spiro atoms. The number of hydrogen-bond acceptors (Lipinski definition) is 2. The normalized spacial score (nSPS) is 11.8. The standard InChI is InChI=1S/C15H26N2/c1-5-6-7-8-9-10-15(3,4)14-16-11-13(2)12-17-14/h11-12H,5-10H2,1-4H3. The second-order valence-corrected chi connectivity index (χ2v) is 5.63. The van der Waals surface area contributed by atoms with Crippen molar-refractivity contribution in [2.75, 3.05) is 0 Å². The molecule has 0 aliphatic rings. The zero-order chi connectivity index (χ0) is 12.7. The van der Waals surface area contributed by atoms with E-state index >= 15 is 0 Å². The molecule has 0 aromatic carbocycles. The van der Waals surface area contributed by atoms with Gasteiger partial charge < -0.3 is 0 Å². The Morgan fingerprint density at radius 1 is 1.00 bits per heavy atom. The van der Waals surface area contributed by atoms with Gasteiger partial charge in [0.2, 0.25) is 0 Å². The van der Waals surface area contributed by atoms with Gasteiger partial charge >= 0.3 is 0 Å². The summed E-state index contributed by atoms with van der Waals surface area (Å²) in [5, 5.41) is 0. The maximum Gasteiger partial charge on any atom is 0.133 e. The molecular weight excluding hydrogens is 208 g/mol. The van der Waals surface area contributed by atoms with Gasteiger partial charge in [-0.2, -0.15) is 0 Å². The lowest BCUT2D eigenvalue weighted by Gasteiger charge is -2.22. The Labute approximate surface area is 106 Å². The molecule has 96 valence electrons. The molecule has 0 atom stereocenters. The maximum absolute atomic E-state index is 4.45. The molecule has 0 unspecified atom stereocenters. The van der Waals surface area contributed by atoms with Gasteiger partial charge in [0, 0.05) is 17.8 Å². The first kappa shape index (κ1) is 14.1. The molecule has 1 aromatic heterocycles. The van der Waals surface area contributed by atoms with Crippen LogP contribution in [0.2, 0.25) is 0 Å². The molecule has 1 aromatic rings. The highest BCUT2D eigenvalue weighted by Gasteiger charge is 2.22. The van der Waals surface area contributed by atoms with Crippen LogP contribution in [0.15, 0.2) is 12.4 Å². The largest absolute Gasteiger partial charge is 0.241 e. The monoisotopic (exact) mass is 234 g/mol. The van der Waals surface area contributed by atoms with Crippen LogP contribution in [0.3, 0.4) is 0 Å². The molecule has 0 aliphatic carbocycles. The number of aromatic nitrogens is 2. The molecule has 2 heteroatoms. The quantitative estimate of drug-likeness (QED) is 0.652. The third-order valence-corrected chi connectivity index (χ3v) is 3.29. The number of rotatable bonds is 7. The van der Waals surface area contributed by atoms with Crippen molar-refractivity contribution in [3.05, 3.63) is 23.8 Å². The van der Waals surface area contributed by atoms with E-state index in [0.717, 1.165) is 11.4 Å². The van der Waals surface area contributed by atoms with Crippen LogP contribution < -0.4 is 0 Å².